The van der Waals surface area contributed by atoms with E-state index in [4.69, 9.17) is 22.3 Å². The molecule has 7 heteroatoms. The van der Waals surface area contributed by atoms with Crippen LogP contribution in [0.5, 0.6) is 0 Å². The first kappa shape index (κ1) is 26.8. The number of rotatable bonds is 10. The number of primary amides is 1. The molecule has 1 heterocycles. The number of carbonyl (C=O) groups excluding carboxylic acids is 1. The van der Waals surface area contributed by atoms with Gasteiger partial charge in [0.05, 0.1) is 5.69 Å². The Balaban J connectivity index is 0.00000122. The van der Waals surface area contributed by atoms with Crippen molar-refractivity contribution in [3.8, 4) is 0 Å². The molecule has 1 aromatic heterocycles. The van der Waals surface area contributed by atoms with E-state index in [0.29, 0.717) is 17.0 Å². The molecule has 0 aromatic carbocycles. The van der Waals surface area contributed by atoms with Crippen LogP contribution in [0.15, 0.2) is 41.8 Å². The summed E-state index contributed by atoms with van der Waals surface area (Å²) in [7, 11) is 1.83. The van der Waals surface area contributed by atoms with Crippen molar-refractivity contribution in [2.45, 2.75) is 53.4 Å². The van der Waals surface area contributed by atoms with Gasteiger partial charge in [-0.3, -0.25) is 4.79 Å². The zero-order chi connectivity index (χ0) is 23.3. The summed E-state index contributed by atoms with van der Waals surface area (Å²) in [6.45, 7) is 11.6. The Bertz CT molecular complexity index is 851. The third-order valence-corrected chi connectivity index (χ3v) is 4.41. The van der Waals surface area contributed by atoms with Gasteiger partial charge in [0, 0.05) is 48.1 Å². The molecule has 0 fully saturated rings. The lowest BCUT2D eigenvalue weighted by Crippen LogP contribution is -2.14. The lowest BCUT2D eigenvalue weighted by atomic mass is 10.0. The largest absolute Gasteiger partial charge is 0.398 e. The standard InChI is InChI=1S/C17H22N6O.C6H14/c1-10(5-6-18)15-9-23(4)17(22-15)12(3)13(8-19)14(20)7-11(2)16(21)24;1-3-5-6-4-2/h5-9,18-19H,2,20H2,1,3-4H3,(H2,21,24);3-6H2,1-2H3/b10-5+,13-12+,14-7+,18-6?,19-8?;. The highest BCUT2D eigenvalue weighted by Gasteiger charge is 2.13. The first-order chi connectivity index (χ1) is 14.1. The molecule has 7 nitrogen and oxygen atoms in total. The van der Waals surface area contributed by atoms with Crippen LogP contribution in [0, 0.1) is 10.8 Å². The summed E-state index contributed by atoms with van der Waals surface area (Å²) in [5.41, 5.74) is 14.1. The molecule has 30 heavy (non-hydrogen) atoms. The maximum absolute atomic E-state index is 11.1. The minimum Gasteiger partial charge on any atom is -0.398 e. The topological polar surface area (TPSA) is 135 Å². The fourth-order valence-electron chi connectivity index (χ4n) is 2.58. The van der Waals surface area contributed by atoms with Gasteiger partial charge in [-0.05, 0) is 31.6 Å². The number of nitrogens with one attached hydrogen (secondary N) is 2. The van der Waals surface area contributed by atoms with Crippen LogP contribution in [0.25, 0.3) is 11.1 Å². The van der Waals surface area contributed by atoms with Crippen LogP contribution in [0.4, 0.5) is 0 Å². The highest BCUT2D eigenvalue weighted by molar-refractivity contribution is 5.97. The van der Waals surface area contributed by atoms with Gasteiger partial charge < -0.3 is 26.9 Å². The lowest BCUT2D eigenvalue weighted by molar-refractivity contribution is -0.114. The number of imidazole rings is 1. The van der Waals surface area contributed by atoms with E-state index in [2.05, 4.69) is 25.4 Å². The number of nitrogens with two attached hydrogens (primary N) is 2. The van der Waals surface area contributed by atoms with Crippen LogP contribution in [-0.2, 0) is 11.8 Å². The Morgan fingerprint density at radius 2 is 1.77 bits per heavy atom. The van der Waals surface area contributed by atoms with Gasteiger partial charge in [0.1, 0.15) is 5.82 Å². The van der Waals surface area contributed by atoms with Gasteiger partial charge in [0.25, 0.3) is 0 Å². The number of hydrogen-bond acceptors (Lipinski definition) is 5. The summed E-state index contributed by atoms with van der Waals surface area (Å²) in [5, 5.41) is 14.8. The smallest absolute Gasteiger partial charge is 0.248 e. The maximum Gasteiger partial charge on any atom is 0.248 e. The van der Waals surface area contributed by atoms with Gasteiger partial charge in [-0.25, -0.2) is 4.98 Å². The van der Waals surface area contributed by atoms with Crippen LogP contribution >= 0.6 is 0 Å². The summed E-state index contributed by atoms with van der Waals surface area (Å²) in [5.74, 6) is -0.0473. The Morgan fingerprint density at radius 3 is 2.20 bits per heavy atom. The average Bonchev–Trinajstić information content (AvgIpc) is 3.09. The molecule has 0 radical (unpaired) electrons. The second kappa shape index (κ2) is 13.9. The molecule has 1 aromatic rings. The summed E-state index contributed by atoms with van der Waals surface area (Å²) >= 11 is 0. The molecule has 1 amide bonds. The third kappa shape index (κ3) is 8.43. The first-order valence-electron chi connectivity index (χ1n) is 10.0. The Hall–Kier alpha value is -3.22. The molecule has 0 aliphatic carbocycles. The fourth-order valence-corrected chi connectivity index (χ4v) is 2.58. The molecule has 0 spiro atoms. The SMILES string of the molecule is C=C(/C=C(N)\C(C=N)=C(/C)c1nc(/C(C)=C/C=N)cn1C)C(N)=O.CCCCCC. The summed E-state index contributed by atoms with van der Waals surface area (Å²) in [4.78, 5) is 15.6. The van der Waals surface area contributed by atoms with Gasteiger partial charge in [-0.1, -0.05) is 46.1 Å². The van der Waals surface area contributed by atoms with Gasteiger partial charge in [-0.15, -0.1) is 0 Å². The average molecular weight is 413 g/mol. The van der Waals surface area contributed by atoms with Crippen LogP contribution in [0.3, 0.4) is 0 Å². The number of allylic oxidation sites excluding steroid dienone is 4. The Labute approximate surface area is 180 Å². The molecule has 0 aliphatic heterocycles. The molecule has 0 atom stereocenters. The second-order valence-electron chi connectivity index (χ2n) is 6.96. The molecule has 6 N–H and O–H groups in total. The van der Waals surface area contributed by atoms with E-state index in [1.54, 1.807) is 13.0 Å². The van der Waals surface area contributed by atoms with E-state index in [0.717, 1.165) is 17.5 Å². The van der Waals surface area contributed by atoms with E-state index in [9.17, 15) is 4.79 Å². The van der Waals surface area contributed by atoms with Gasteiger partial charge in [-0.2, -0.15) is 0 Å². The van der Waals surface area contributed by atoms with Gasteiger partial charge >= 0.3 is 0 Å². The van der Waals surface area contributed by atoms with E-state index in [1.165, 1.54) is 38.0 Å². The minimum absolute atomic E-state index is 0.0601. The highest BCUT2D eigenvalue weighted by Crippen LogP contribution is 2.22. The number of carbonyl (C=O) groups is 1. The highest BCUT2D eigenvalue weighted by atomic mass is 16.1. The maximum atomic E-state index is 11.1. The van der Waals surface area contributed by atoms with E-state index in [1.807, 2.05) is 24.7 Å². The fraction of sp³-hybridized carbons (Fsp3) is 0.391. The molecule has 164 valence electrons. The number of aryl methyl sites for hydroxylation is 1. The van der Waals surface area contributed by atoms with Crippen LogP contribution in [0.2, 0.25) is 0 Å². The normalized spacial score (nSPS) is 12.4. The number of nitrogens with zero attached hydrogens (tertiary/aromatic N) is 2. The van der Waals surface area contributed by atoms with Crippen molar-refractivity contribution in [2.75, 3.05) is 0 Å². The quantitative estimate of drug-likeness (QED) is 0.197. The summed E-state index contributed by atoms with van der Waals surface area (Å²) in [6, 6.07) is 0. The Morgan fingerprint density at radius 1 is 1.20 bits per heavy atom. The molecule has 0 saturated heterocycles. The zero-order valence-corrected chi connectivity index (χ0v) is 18.9. The van der Waals surface area contributed by atoms with Crippen molar-refractivity contribution < 1.29 is 4.79 Å². The van der Waals surface area contributed by atoms with E-state index >= 15 is 0 Å². The number of aromatic nitrogens is 2. The molecule has 1 rings (SSSR count). The Kier molecular flexibility index (Phi) is 12.4. The van der Waals surface area contributed by atoms with Crippen molar-refractivity contribution in [2.24, 2.45) is 18.5 Å². The van der Waals surface area contributed by atoms with Crippen molar-refractivity contribution >= 4 is 29.5 Å². The summed E-state index contributed by atoms with van der Waals surface area (Å²) < 4.78 is 1.81. The van der Waals surface area contributed by atoms with Crippen LogP contribution in [0.1, 0.15) is 64.9 Å². The molecular formula is C23H36N6O. The number of hydrogen-bond donors (Lipinski definition) is 4. The van der Waals surface area contributed by atoms with Crippen LogP contribution in [-0.4, -0.2) is 27.9 Å². The van der Waals surface area contributed by atoms with Crippen molar-refractivity contribution in [3.05, 3.63) is 53.3 Å². The van der Waals surface area contributed by atoms with Crippen molar-refractivity contribution in [1.29, 1.82) is 10.8 Å². The van der Waals surface area contributed by atoms with Crippen LogP contribution < -0.4 is 11.5 Å². The molecule has 0 aliphatic rings. The van der Waals surface area contributed by atoms with Gasteiger partial charge in [0.15, 0.2) is 0 Å². The molecule has 0 bridgehead atoms. The lowest BCUT2D eigenvalue weighted by Gasteiger charge is -2.09. The monoisotopic (exact) mass is 412 g/mol. The predicted molar refractivity (Wildman–Crippen MR) is 127 cm³/mol. The van der Waals surface area contributed by atoms with Crippen molar-refractivity contribution in [3.63, 3.8) is 0 Å². The third-order valence-electron chi connectivity index (χ3n) is 4.41. The molecular weight excluding hydrogens is 376 g/mol. The minimum atomic E-state index is -0.674. The number of amides is 1. The zero-order valence-electron chi connectivity index (χ0n) is 18.9. The molecule has 0 unspecified atom stereocenters. The van der Waals surface area contributed by atoms with Gasteiger partial charge in [0.2, 0.25) is 5.91 Å². The predicted octanol–water partition coefficient (Wildman–Crippen LogP) is 4.37. The first-order valence-corrected chi connectivity index (χ1v) is 10.0. The molecule has 0 saturated carbocycles. The summed E-state index contributed by atoms with van der Waals surface area (Å²) in [6.07, 6.45) is 12.7. The second-order valence-corrected chi connectivity index (χ2v) is 6.96. The van der Waals surface area contributed by atoms with E-state index in [-0.39, 0.29) is 11.3 Å². The van der Waals surface area contributed by atoms with Crippen molar-refractivity contribution in [1.82, 2.24) is 9.55 Å². The van der Waals surface area contributed by atoms with E-state index < -0.39 is 5.91 Å². The number of unbranched alkanes of at least 4 members (excludes halogenated alkanes) is 3.